The van der Waals surface area contributed by atoms with Crippen LogP contribution in [-0.4, -0.2) is 10.8 Å². The van der Waals surface area contributed by atoms with Crippen LogP contribution in [0.4, 0.5) is 5.69 Å². The van der Waals surface area contributed by atoms with Crippen molar-refractivity contribution in [2.45, 2.75) is 13.0 Å². The number of anilines is 1. The van der Waals surface area contributed by atoms with Crippen molar-refractivity contribution in [1.82, 2.24) is 4.98 Å². The third kappa shape index (κ3) is 2.66. The topological polar surface area (TPSA) is 51.2 Å². The minimum Gasteiger partial charge on any atom is -0.455 e. The Kier molecular flexibility index (Phi) is 3.75. The molecule has 1 N–H and O–H groups in total. The number of aryl methyl sites for hydroxylation is 1. The molecule has 4 rings (SSSR count). The Bertz CT molecular complexity index is 938. The highest BCUT2D eigenvalue weighted by Gasteiger charge is 2.30. The number of fused-ring (bicyclic) bond motifs is 2. The van der Waals surface area contributed by atoms with Gasteiger partial charge in [0.2, 0.25) is 5.78 Å². The number of halogens is 1. The van der Waals surface area contributed by atoms with Gasteiger partial charge in [-0.3, -0.25) is 4.79 Å². The molecule has 0 saturated heterocycles. The smallest absolute Gasteiger partial charge is 0.208 e. The van der Waals surface area contributed by atoms with Crippen LogP contribution in [0.15, 0.2) is 47.8 Å². The Morgan fingerprint density at radius 2 is 2.08 bits per heavy atom. The Morgan fingerprint density at radius 3 is 2.88 bits per heavy atom. The minimum absolute atomic E-state index is 0.0942. The third-order valence-electron chi connectivity index (χ3n) is 3.83. The third-order valence-corrected chi connectivity index (χ3v) is 4.83. The summed E-state index contributed by atoms with van der Waals surface area (Å²) in [5.74, 6) is 1.19. The quantitative estimate of drug-likeness (QED) is 0.637. The number of aromatic nitrogens is 1. The van der Waals surface area contributed by atoms with Crippen LogP contribution in [-0.2, 0) is 0 Å². The summed E-state index contributed by atoms with van der Waals surface area (Å²) >= 11 is 7.56. The number of ketones is 1. The van der Waals surface area contributed by atoms with Crippen molar-refractivity contribution in [3.63, 3.8) is 0 Å². The fourth-order valence-electron chi connectivity index (χ4n) is 2.70. The summed E-state index contributed by atoms with van der Waals surface area (Å²) in [6.45, 7) is 1.88. The SMILES string of the molecule is Cc1nc(C(=O)C2Nc3cc(Cl)ccc3Oc3ccccc32)cs1. The number of hydrogen-bond donors (Lipinski definition) is 1. The van der Waals surface area contributed by atoms with Crippen molar-refractivity contribution < 1.29 is 9.53 Å². The number of nitrogens with zero attached hydrogens (tertiary/aromatic N) is 1. The molecule has 0 saturated carbocycles. The normalized spacial score (nSPS) is 15.5. The number of hydrogen-bond acceptors (Lipinski definition) is 5. The highest BCUT2D eigenvalue weighted by Crippen LogP contribution is 2.42. The van der Waals surface area contributed by atoms with Crippen molar-refractivity contribution in [3.05, 3.63) is 69.1 Å². The lowest BCUT2D eigenvalue weighted by Crippen LogP contribution is -2.21. The number of Topliss-reactive ketones (excluding diaryl/α,β-unsaturated/α-hetero) is 1. The molecule has 1 aromatic heterocycles. The van der Waals surface area contributed by atoms with Crippen molar-refractivity contribution in [2.24, 2.45) is 0 Å². The van der Waals surface area contributed by atoms with Crippen LogP contribution in [0.1, 0.15) is 27.1 Å². The number of benzene rings is 2. The molecule has 0 aliphatic carbocycles. The van der Waals surface area contributed by atoms with Crippen molar-refractivity contribution >= 4 is 34.4 Å². The number of thiazole rings is 1. The molecule has 2 aromatic carbocycles. The molecule has 0 amide bonds. The molecule has 1 aliphatic heterocycles. The van der Waals surface area contributed by atoms with E-state index >= 15 is 0 Å². The van der Waals surface area contributed by atoms with E-state index in [1.54, 1.807) is 23.6 Å². The molecular formula is C18H13ClN2O2S. The van der Waals surface area contributed by atoms with Gasteiger partial charge in [0.15, 0.2) is 5.75 Å². The van der Waals surface area contributed by atoms with Crippen LogP contribution in [0.3, 0.4) is 0 Å². The predicted molar refractivity (Wildman–Crippen MR) is 95.5 cm³/mol. The molecule has 24 heavy (non-hydrogen) atoms. The van der Waals surface area contributed by atoms with Crippen LogP contribution in [0.5, 0.6) is 11.5 Å². The first-order valence-corrected chi connectivity index (χ1v) is 8.67. The maximum atomic E-state index is 13.0. The molecule has 3 aromatic rings. The van der Waals surface area contributed by atoms with Gasteiger partial charge in [0, 0.05) is 16.0 Å². The molecule has 120 valence electrons. The largest absolute Gasteiger partial charge is 0.455 e. The van der Waals surface area contributed by atoms with Gasteiger partial charge in [0.25, 0.3) is 0 Å². The molecule has 0 bridgehead atoms. The van der Waals surface area contributed by atoms with Gasteiger partial charge < -0.3 is 10.1 Å². The van der Waals surface area contributed by atoms with E-state index in [9.17, 15) is 4.79 Å². The fourth-order valence-corrected chi connectivity index (χ4v) is 3.47. The number of rotatable bonds is 2. The van der Waals surface area contributed by atoms with Crippen molar-refractivity contribution in [1.29, 1.82) is 0 Å². The number of carbonyl (C=O) groups excluding carboxylic acids is 1. The standard InChI is InChI=1S/C18H13ClN2O2S/c1-10-20-14(9-24-10)18(22)17-12-4-2-3-5-15(12)23-16-7-6-11(19)8-13(16)21-17/h2-9,17,21H,1H3. The highest BCUT2D eigenvalue weighted by atomic mass is 35.5. The second kappa shape index (κ2) is 5.92. The second-order valence-electron chi connectivity index (χ2n) is 5.47. The average Bonchev–Trinajstić information content (AvgIpc) is 2.94. The summed E-state index contributed by atoms with van der Waals surface area (Å²) in [5, 5.41) is 6.49. The van der Waals surface area contributed by atoms with E-state index in [-0.39, 0.29) is 5.78 Å². The van der Waals surface area contributed by atoms with Crippen LogP contribution in [0.2, 0.25) is 5.02 Å². The van der Waals surface area contributed by atoms with Gasteiger partial charge in [-0.05, 0) is 31.2 Å². The van der Waals surface area contributed by atoms with Crippen LogP contribution in [0.25, 0.3) is 0 Å². The van der Waals surface area contributed by atoms with Gasteiger partial charge in [-0.25, -0.2) is 4.98 Å². The van der Waals surface area contributed by atoms with Crippen LogP contribution in [0, 0.1) is 6.92 Å². The van der Waals surface area contributed by atoms with E-state index < -0.39 is 6.04 Å². The Labute approximate surface area is 148 Å². The van der Waals surface area contributed by atoms with Crippen LogP contribution >= 0.6 is 22.9 Å². The summed E-state index contributed by atoms with van der Waals surface area (Å²) in [6, 6.07) is 12.2. The van der Waals surface area contributed by atoms with Gasteiger partial charge in [-0.2, -0.15) is 0 Å². The van der Waals surface area contributed by atoms with E-state index in [0.29, 0.717) is 27.9 Å². The van der Waals surface area contributed by atoms with E-state index in [0.717, 1.165) is 10.6 Å². The van der Waals surface area contributed by atoms with E-state index in [1.807, 2.05) is 31.2 Å². The van der Waals surface area contributed by atoms with Gasteiger partial charge in [-0.1, -0.05) is 29.8 Å². The molecular weight excluding hydrogens is 344 g/mol. The Morgan fingerprint density at radius 1 is 1.25 bits per heavy atom. The Balaban J connectivity index is 1.84. The first-order chi connectivity index (χ1) is 11.6. The lowest BCUT2D eigenvalue weighted by Gasteiger charge is -2.16. The van der Waals surface area contributed by atoms with Crippen molar-refractivity contribution in [2.75, 3.05) is 5.32 Å². The first kappa shape index (κ1) is 15.2. The number of carbonyl (C=O) groups is 1. The number of nitrogens with one attached hydrogen (secondary N) is 1. The monoisotopic (exact) mass is 356 g/mol. The van der Waals surface area contributed by atoms with E-state index in [4.69, 9.17) is 16.3 Å². The zero-order valence-corrected chi connectivity index (χ0v) is 14.3. The zero-order valence-electron chi connectivity index (χ0n) is 12.7. The van der Waals surface area contributed by atoms with E-state index in [1.165, 1.54) is 11.3 Å². The highest BCUT2D eigenvalue weighted by molar-refractivity contribution is 7.09. The van der Waals surface area contributed by atoms with Crippen molar-refractivity contribution in [3.8, 4) is 11.5 Å². The fraction of sp³-hybridized carbons (Fsp3) is 0.111. The molecule has 0 fully saturated rings. The molecule has 0 radical (unpaired) electrons. The molecule has 1 atom stereocenters. The second-order valence-corrected chi connectivity index (χ2v) is 6.97. The maximum absolute atomic E-state index is 13.0. The summed E-state index contributed by atoms with van der Waals surface area (Å²) in [7, 11) is 0. The molecule has 1 aliphatic rings. The summed E-state index contributed by atoms with van der Waals surface area (Å²) in [6.07, 6.45) is 0. The minimum atomic E-state index is -0.581. The van der Waals surface area contributed by atoms with Gasteiger partial charge in [0.1, 0.15) is 17.5 Å². The van der Waals surface area contributed by atoms with E-state index in [2.05, 4.69) is 10.3 Å². The lowest BCUT2D eigenvalue weighted by atomic mass is 10.00. The average molecular weight is 357 g/mol. The Hall–Kier alpha value is -2.37. The molecule has 4 nitrogen and oxygen atoms in total. The summed E-state index contributed by atoms with van der Waals surface area (Å²) in [4.78, 5) is 17.3. The molecule has 1 unspecified atom stereocenters. The summed E-state index contributed by atoms with van der Waals surface area (Å²) in [5.41, 5.74) is 1.92. The predicted octanol–water partition coefficient (Wildman–Crippen LogP) is 5.25. The molecule has 6 heteroatoms. The van der Waals surface area contributed by atoms with Gasteiger partial charge in [-0.15, -0.1) is 11.3 Å². The van der Waals surface area contributed by atoms with Crippen LogP contribution < -0.4 is 10.1 Å². The molecule has 0 spiro atoms. The summed E-state index contributed by atoms with van der Waals surface area (Å²) < 4.78 is 5.99. The number of para-hydroxylation sites is 1. The maximum Gasteiger partial charge on any atom is 0.208 e. The molecule has 2 heterocycles. The van der Waals surface area contributed by atoms with Gasteiger partial charge >= 0.3 is 0 Å². The lowest BCUT2D eigenvalue weighted by molar-refractivity contribution is 0.0965. The number of ether oxygens (including phenoxy) is 1. The van der Waals surface area contributed by atoms with Gasteiger partial charge in [0.05, 0.1) is 10.7 Å². The first-order valence-electron chi connectivity index (χ1n) is 7.41. The zero-order chi connectivity index (χ0) is 16.7.